The fourth-order valence-corrected chi connectivity index (χ4v) is 1.78. The van der Waals surface area contributed by atoms with E-state index < -0.39 is 0 Å². The Kier molecular flexibility index (Phi) is 4.04. The smallest absolute Gasteiger partial charge is 0.136 e. The Balaban J connectivity index is 2.05. The van der Waals surface area contributed by atoms with Crippen molar-refractivity contribution in [1.82, 2.24) is 9.78 Å². The van der Waals surface area contributed by atoms with Gasteiger partial charge in [0.1, 0.15) is 11.8 Å². The van der Waals surface area contributed by atoms with Crippen LogP contribution in [0.15, 0.2) is 30.6 Å². The third kappa shape index (κ3) is 3.05. The number of aryl methyl sites for hydroxylation is 1. The van der Waals surface area contributed by atoms with E-state index in [0.717, 1.165) is 17.8 Å². The molecule has 1 heterocycles. The molecule has 2 aromatic rings. The van der Waals surface area contributed by atoms with Gasteiger partial charge in [-0.05, 0) is 24.6 Å². The molecule has 0 spiro atoms. The zero-order valence-corrected chi connectivity index (χ0v) is 11.1. The average Bonchev–Trinajstić information content (AvgIpc) is 2.92. The van der Waals surface area contributed by atoms with Gasteiger partial charge in [0.05, 0.1) is 24.6 Å². The Labute approximate surface area is 112 Å². The molecule has 1 N–H and O–H groups in total. The summed E-state index contributed by atoms with van der Waals surface area (Å²) in [5, 5.41) is 16.5. The summed E-state index contributed by atoms with van der Waals surface area (Å²) in [5.41, 5.74) is 2.55. The summed E-state index contributed by atoms with van der Waals surface area (Å²) in [6, 6.07) is 7.71. The van der Waals surface area contributed by atoms with Gasteiger partial charge in [-0.1, -0.05) is 6.07 Å². The normalized spacial score (nSPS) is 9.95. The molecule has 0 aliphatic carbocycles. The van der Waals surface area contributed by atoms with E-state index in [0.29, 0.717) is 17.9 Å². The zero-order chi connectivity index (χ0) is 13.7. The highest BCUT2D eigenvalue weighted by Crippen LogP contribution is 2.19. The molecule has 0 unspecified atom stereocenters. The Morgan fingerprint density at radius 2 is 2.32 bits per heavy atom. The van der Waals surface area contributed by atoms with E-state index in [2.05, 4.69) is 16.5 Å². The first-order valence-electron chi connectivity index (χ1n) is 6.10. The number of nitrogens with one attached hydrogen (secondary N) is 1. The van der Waals surface area contributed by atoms with Crippen molar-refractivity contribution in [3.8, 4) is 11.8 Å². The number of anilines is 1. The van der Waals surface area contributed by atoms with Crippen molar-refractivity contribution in [2.45, 2.75) is 20.0 Å². The Bertz CT molecular complexity index is 598. The monoisotopic (exact) mass is 256 g/mol. The lowest BCUT2D eigenvalue weighted by molar-refractivity contribution is 0.413. The number of nitriles is 1. The maximum Gasteiger partial charge on any atom is 0.136 e. The van der Waals surface area contributed by atoms with Crippen LogP contribution in [0, 0.1) is 11.3 Å². The van der Waals surface area contributed by atoms with Crippen molar-refractivity contribution in [3.05, 3.63) is 41.7 Å². The molecule has 98 valence electrons. The molecule has 0 amide bonds. The van der Waals surface area contributed by atoms with Gasteiger partial charge >= 0.3 is 0 Å². The number of rotatable bonds is 5. The summed E-state index contributed by atoms with van der Waals surface area (Å²) >= 11 is 0. The minimum atomic E-state index is 0.547. The number of ether oxygens (including phenoxy) is 1. The van der Waals surface area contributed by atoms with Gasteiger partial charge in [-0.2, -0.15) is 10.4 Å². The van der Waals surface area contributed by atoms with Crippen LogP contribution in [-0.4, -0.2) is 16.9 Å². The Morgan fingerprint density at radius 1 is 1.47 bits per heavy atom. The molecule has 0 bridgehead atoms. The van der Waals surface area contributed by atoms with Crippen LogP contribution in [0.25, 0.3) is 0 Å². The largest absolute Gasteiger partial charge is 0.495 e. The predicted molar refractivity (Wildman–Crippen MR) is 72.9 cm³/mol. The molecule has 0 atom stereocenters. The van der Waals surface area contributed by atoms with Crippen molar-refractivity contribution >= 4 is 5.69 Å². The molecular weight excluding hydrogens is 240 g/mol. The minimum absolute atomic E-state index is 0.547. The first-order valence-corrected chi connectivity index (χ1v) is 6.10. The molecule has 0 saturated heterocycles. The molecule has 0 radical (unpaired) electrons. The molecule has 19 heavy (non-hydrogen) atoms. The summed E-state index contributed by atoms with van der Waals surface area (Å²) in [6.07, 6.45) is 3.74. The molecule has 1 aromatic carbocycles. The van der Waals surface area contributed by atoms with E-state index in [-0.39, 0.29) is 0 Å². The van der Waals surface area contributed by atoms with E-state index in [1.165, 1.54) is 0 Å². The van der Waals surface area contributed by atoms with Crippen LogP contribution in [-0.2, 0) is 13.1 Å². The van der Waals surface area contributed by atoms with Crippen LogP contribution in [0.3, 0.4) is 0 Å². The average molecular weight is 256 g/mol. The second-order valence-corrected chi connectivity index (χ2v) is 4.08. The third-order valence-electron chi connectivity index (χ3n) is 2.84. The van der Waals surface area contributed by atoms with Gasteiger partial charge in [-0.3, -0.25) is 4.68 Å². The second-order valence-electron chi connectivity index (χ2n) is 4.08. The van der Waals surface area contributed by atoms with Crippen LogP contribution < -0.4 is 10.1 Å². The summed E-state index contributed by atoms with van der Waals surface area (Å²) in [7, 11) is 1.56. The predicted octanol–water partition coefficient (Wildman–Crippen LogP) is 2.40. The van der Waals surface area contributed by atoms with Crippen molar-refractivity contribution in [3.63, 3.8) is 0 Å². The van der Waals surface area contributed by atoms with E-state index >= 15 is 0 Å². The molecule has 2 rings (SSSR count). The van der Waals surface area contributed by atoms with Gasteiger partial charge in [0.15, 0.2) is 0 Å². The lowest BCUT2D eigenvalue weighted by atomic mass is 10.1. The summed E-state index contributed by atoms with van der Waals surface area (Å²) in [4.78, 5) is 0. The van der Waals surface area contributed by atoms with Gasteiger partial charge in [0, 0.05) is 19.3 Å². The number of hydrogen-bond donors (Lipinski definition) is 1. The van der Waals surface area contributed by atoms with Gasteiger partial charge in [-0.25, -0.2) is 0 Å². The molecule has 1 aromatic heterocycles. The fourth-order valence-electron chi connectivity index (χ4n) is 1.78. The van der Waals surface area contributed by atoms with Crippen LogP contribution in [0.4, 0.5) is 5.69 Å². The maximum absolute atomic E-state index is 9.03. The molecule has 0 aliphatic rings. The highest BCUT2D eigenvalue weighted by Gasteiger charge is 2.04. The van der Waals surface area contributed by atoms with Gasteiger partial charge in [0.25, 0.3) is 0 Å². The van der Waals surface area contributed by atoms with Crippen LogP contribution in [0.2, 0.25) is 0 Å². The summed E-state index contributed by atoms with van der Waals surface area (Å²) in [5.74, 6) is 0.602. The van der Waals surface area contributed by atoms with E-state index in [1.807, 2.05) is 36.0 Å². The standard InChI is InChI=1S/C14H16N4O/c1-3-18-10-13(9-17-18)16-8-11-4-5-14(19-2)12(6-11)7-15/h4-6,9-10,16H,3,8H2,1-2H3. The third-order valence-corrected chi connectivity index (χ3v) is 2.84. The van der Waals surface area contributed by atoms with Crippen molar-refractivity contribution in [2.24, 2.45) is 0 Å². The topological polar surface area (TPSA) is 62.9 Å². The zero-order valence-electron chi connectivity index (χ0n) is 11.1. The molecule has 0 aliphatic heterocycles. The first kappa shape index (κ1) is 13.0. The quantitative estimate of drug-likeness (QED) is 0.892. The first-order chi connectivity index (χ1) is 9.26. The van der Waals surface area contributed by atoms with Crippen molar-refractivity contribution in [1.29, 1.82) is 5.26 Å². The second kappa shape index (κ2) is 5.91. The number of benzene rings is 1. The lowest BCUT2D eigenvalue weighted by Crippen LogP contribution is -2.00. The van der Waals surface area contributed by atoms with Crippen molar-refractivity contribution < 1.29 is 4.74 Å². The fraction of sp³-hybridized carbons (Fsp3) is 0.286. The SMILES string of the molecule is CCn1cc(NCc2ccc(OC)c(C#N)c2)cn1. The van der Waals surface area contributed by atoms with Gasteiger partial charge in [0.2, 0.25) is 0 Å². The van der Waals surface area contributed by atoms with E-state index in [4.69, 9.17) is 10.00 Å². The molecule has 0 fully saturated rings. The van der Waals surface area contributed by atoms with Crippen LogP contribution in [0.5, 0.6) is 5.75 Å². The molecule has 5 heteroatoms. The van der Waals surface area contributed by atoms with E-state index in [1.54, 1.807) is 13.3 Å². The number of aromatic nitrogens is 2. The van der Waals surface area contributed by atoms with Crippen molar-refractivity contribution in [2.75, 3.05) is 12.4 Å². The van der Waals surface area contributed by atoms with E-state index in [9.17, 15) is 0 Å². The Hall–Kier alpha value is -2.48. The van der Waals surface area contributed by atoms with Crippen LogP contribution in [0.1, 0.15) is 18.1 Å². The summed E-state index contributed by atoms with van der Waals surface area (Å²) in [6.45, 7) is 3.54. The highest BCUT2D eigenvalue weighted by molar-refractivity contribution is 5.47. The minimum Gasteiger partial charge on any atom is -0.495 e. The van der Waals surface area contributed by atoms with Gasteiger partial charge in [-0.15, -0.1) is 0 Å². The number of nitrogens with zero attached hydrogens (tertiary/aromatic N) is 3. The molecule has 0 saturated carbocycles. The highest BCUT2D eigenvalue weighted by atomic mass is 16.5. The Morgan fingerprint density at radius 3 is 2.95 bits per heavy atom. The van der Waals surface area contributed by atoms with Gasteiger partial charge < -0.3 is 10.1 Å². The van der Waals surface area contributed by atoms with Crippen LogP contribution >= 0.6 is 0 Å². The summed E-state index contributed by atoms with van der Waals surface area (Å²) < 4.78 is 6.97. The maximum atomic E-state index is 9.03. The molecule has 5 nitrogen and oxygen atoms in total. The number of hydrogen-bond acceptors (Lipinski definition) is 4. The number of methoxy groups -OCH3 is 1. The molecular formula is C14H16N4O. The lowest BCUT2D eigenvalue weighted by Gasteiger charge is -2.07.